The summed E-state index contributed by atoms with van der Waals surface area (Å²) in [5.41, 5.74) is 1.98. The molecule has 0 bridgehead atoms. The maximum atomic E-state index is 12.4. The number of ketones is 1. The third kappa shape index (κ3) is 2.10. The lowest BCUT2D eigenvalue weighted by molar-refractivity contribution is 0.102. The molecule has 0 saturated heterocycles. The molecule has 0 amide bonds. The molecule has 0 spiro atoms. The van der Waals surface area contributed by atoms with Crippen molar-refractivity contribution in [1.29, 1.82) is 0 Å². The monoisotopic (exact) mass is 292 g/mol. The molecule has 4 nitrogen and oxygen atoms in total. The zero-order valence-corrected chi connectivity index (χ0v) is 12.6. The summed E-state index contributed by atoms with van der Waals surface area (Å²) in [6.07, 6.45) is 2.85. The van der Waals surface area contributed by atoms with Crippen LogP contribution in [0.2, 0.25) is 0 Å². The molecule has 0 fully saturated rings. The minimum atomic E-state index is -0.366. The lowest BCUT2D eigenvalue weighted by Crippen LogP contribution is -2.22. The minimum absolute atomic E-state index is 0. The third-order valence-electron chi connectivity index (χ3n) is 3.66. The smallest absolute Gasteiger partial charge is 0.200 e. The van der Waals surface area contributed by atoms with Gasteiger partial charge in [0.2, 0.25) is 5.78 Å². The van der Waals surface area contributed by atoms with Crippen LogP contribution in [0, 0.1) is 5.92 Å². The molecule has 20 heavy (non-hydrogen) atoms. The van der Waals surface area contributed by atoms with E-state index in [1.807, 2.05) is 6.92 Å². The van der Waals surface area contributed by atoms with Crippen molar-refractivity contribution in [3.63, 3.8) is 0 Å². The second-order valence-corrected chi connectivity index (χ2v) is 5.22. The van der Waals surface area contributed by atoms with Gasteiger partial charge in [0.1, 0.15) is 17.3 Å². The van der Waals surface area contributed by atoms with Crippen LogP contribution in [-0.2, 0) is 6.42 Å². The van der Waals surface area contributed by atoms with Gasteiger partial charge in [0.05, 0.1) is 11.1 Å². The Balaban J connectivity index is 0.00000147. The SMILES string of the molecule is CC1C=C(O)C2=C(Cc3cc(O)cc(O)c3C2=O)C1.P. The van der Waals surface area contributed by atoms with Crippen LogP contribution in [0.1, 0.15) is 29.3 Å². The lowest BCUT2D eigenvalue weighted by Gasteiger charge is -2.27. The number of aromatic hydroxyl groups is 2. The molecule has 3 N–H and O–H groups in total. The highest BCUT2D eigenvalue weighted by atomic mass is 31.0. The van der Waals surface area contributed by atoms with E-state index in [1.165, 1.54) is 6.07 Å². The van der Waals surface area contributed by atoms with Crippen LogP contribution >= 0.6 is 9.90 Å². The molecule has 2 atom stereocenters. The van der Waals surface area contributed by atoms with E-state index in [9.17, 15) is 20.1 Å². The Morgan fingerprint density at radius 3 is 2.60 bits per heavy atom. The molecule has 0 heterocycles. The first-order chi connectivity index (χ1) is 8.97. The van der Waals surface area contributed by atoms with E-state index < -0.39 is 0 Å². The number of Topliss-reactive ketones (excluding diaryl/α,β-unsaturated/α-hetero) is 1. The quantitative estimate of drug-likeness (QED) is 0.642. The molecule has 0 radical (unpaired) electrons. The van der Waals surface area contributed by atoms with E-state index in [2.05, 4.69) is 0 Å². The molecule has 2 unspecified atom stereocenters. The third-order valence-corrected chi connectivity index (χ3v) is 3.66. The average Bonchev–Trinajstić information content (AvgIpc) is 2.25. The number of hydrogen-bond acceptors (Lipinski definition) is 4. The fourth-order valence-electron chi connectivity index (χ4n) is 2.95. The van der Waals surface area contributed by atoms with Gasteiger partial charge in [-0.15, -0.1) is 0 Å². The number of phenolic OH excluding ortho intramolecular Hbond substituents is 2. The topological polar surface area (TPSA) is 77.8 Å². The highest BCUT2D eigenvalue weighted by Crippen LogP contribution is 2.40. The summed E-state index contributed by atoms with van der Waals surface area (Å²) in [5, 5.41) is 29.3. The number of aliphatic hydroxyl groups excluding tert-OH is 1. The van der Waals surface area contributed by atoms with Gasteiger partial charge in [-0.05, 0) is 36.5 Å². The van der Waals surface area contributed by atoms with Crippen LogP contribution in [0.3, 0.4) is 0 Å². The average molecular weight is 292 g/mol. The van der Waals surface area contributed by atoms with Crippen LogP contribution in [0.25, 0.3) is 0 Å². The standard InChI is InChI=1S/C15H14O4.H3P/c1-7-2-8-4-9-5-10(16)6-12(18)14(9)15(19)13(8)11(17)3-7;/h3,5-7,16-18H,2,4H2,1H3;1H3. The summed E-state index contributed by atoms with van der Waals surface area (Å²) in [6, 6.07) is 2.64. The number of fused-ring (bicyclic) bond motifs is 1. The van der Waals surface area contributed by atoms with Crippen LogP contribution in [0.5, 0.6) is 11.5 Å². The number of carbonyl (C=O) groups excluding carboxylic acids is 1. The largest absolute Gasteiger partial charge is 0.508 e. The fraction of sp³-hybridized carbons (Fsp3) is 0.267. The fourth-order valence-corrected chi connectivity index (χ4v) is 2.95. The summed E-state index contributed by atoms with van der Waals surface area (Å²) in [5.74, 6) is -0.486. The number of carbonyl (C=O) groups is 1. The van der Waals surface area contributed by atoms with Crippen LogP contribution in [0.4, 0.5) is 0 Å². The van der Waals surface area contributed by atoms with E-state index in [0.717, 1.165) is 11.6 Å². The van der Waals surface area contributed by atoms with Gasteiger partial charge in [-0.3, -0.25) is 4.79 Å². The number of rotatable bonds is 0. The normalized spacial score (nSPS) is 20.8. The predicted molar refractivity (Wildman–Crippen MR) is 80.4 cm³/mol. The summed E-state index contributed by atoms with van der Waals surface area (Å²) < 4.78 is 0. The molecular weight excluding hydrogens is 275 g/mol. The molecule has 5 heteroatoms. The van der Waals surface area contributed by atoms with Crippen molar-refractivity contribution in [2.24, 2.45) is 5.92 Å². The first-order valence-electron chi connectivity index (χ1n) is 6.20. The maximum absolute atomic E-state index is 12.4. The van der Waals surface area contributed by atoms with Crippen molar-refractivity contribution < 1.29 is 20.1 Å². The van der Waals surface area contributed by atoms with E-state index in [4.69, 9.17) is 0 Å². The Bertz CT molecular complexity index is 658. The van der Waals surface area contributed by atoms with Gasteiger partial charge in [0.15, 0.2) is 0 Å². The molecule has 0 saturated carbocycles. The minimum Gasteiger partial charge on any atom is -0.508 e. The van der Waals surface area contributed by atoms with Gasteiger partial charge in [-0.2, -0.15) is 9.90 Å². The van der Waals surface area contributed by atoms with Gasteiger partial charge >= 0.3 is 0 Å². The van der Waals surface area contributed by atoms with Gasteiger partial charge < -0.3 is 15.3 Å². The van der Waals surface area contributed by atoms with Gasteiger partial charge in [-0.25, -0.2) is 0 Å². The second kappa shape index (κ2) is 4.95. The van der Waals surface area contributed by atoms with Crippen molar-refractivity contribution in [3.05, 3.63) is 46.2 Å². The van der Waals surface area contributed by atoms with E-state index in [-0.39, 0.29) is 44.4 Å². The highest BCUT2D eigenvalue weighted by molar-refractivity contribution is 6.92. The van der Waals surface area contributed by atoms with Crippen LogP contribution in [-0.4, -0.2) is 21.1 Å². The van der Waals surface area contributed by atoms with Gasteiger partial charge in [0.25, 0.3) is 0 Å². The summed E-state index contributed by atoms with van der Waals surface area (Å²) >= 11 is 0. The van der Waals surface area contributed by atoms with Crippen molar-refractivity contribution in [2.75, 3.05) is 0 Å². The Morgan fingerprint density at radius 1 is 1.20 bits per heavy atom. The molecule has 0 aliphatic heterocycles. The van der Waals surface area contributed by atoms with Crippen molar-refractivity contribution >= 4 is 15.7 Å². The molecule has 106 valence electrons. The Hall–Kier alpha value is -1.80. The van der Waals surface area contributed by atoms with E-state index >= 15 is 0 Å². The number of aliphatic hydroxyl groups is 1. The maximum Gasteiger partial charge on any atom is 0.200 e. The Kier molecular flexibility index (Phi) is 3.61. The number of benzene rings is 1. The Labute approximate surface area is 120 Å². The highest BCUT2D eigenvalue weighted by Gasteiger charge is 2.33. The number of hydrogen-bond donors (Lipinski definition) is 3. The van der Waals surface area contributed by atoms with Gasteiger partial charge in [-0.1, -0.05) is 12.5 Å². The molecule has 1 aromatic carbocycles. The zero-order valence-electron chi connectivity index (χ0n) is 11.2. The molecule has 2 aliphatic rings. The predicted octanol–water partition coefficient (Wildman–Crippen LogP) is 2.67. The zero-order chi connectivity index (χ0) is 13.7. The lowest BCUT2D eigenvalue weighted by atomic mass is 9.77. The second-order valence-electron chi connectivity index (χ2n) is 5.22. The summed E-state index contributed by atoms with van der Waals surface area (Å²) in [4.78, 5) is 12.4. The number of allylic oxidation sites excluding steroid dienone is 3. The van der Waals surface area contributed by atoms with E-state index in [0.29, 0.717) is 24.0 Å². The Morgan fingerprint density at radius 2 is 1.90 bits per heavy atom. The van der Waals surface area contributed by atoms with Gasteiger partial charge in [0, 0.05) is 6.07 Å². The van der Waals surface area contributed by atoms with Crippen molar-refractivity contribution in [3.8, 4) is 11.5 Å². The molecule has 1 aromatic rings. The summed E-state index contributed by atoms with van der Waals surface area (Å²) in [7, 11) is 0. The molecule has 2 aliphatic carbocycles. The van der Waals surface area contributed by atoms with Crippen molar-refractivity contribution in [2.45, 2.75) is 19.8 Å². The van der Waals surface area contributed by atoms with Crippen LogP contribution in [0.15, 0.2) is 35.1 Å². The van der Waals surface area contributed by atoms with Crippen molar-refractivity contribution in [1.82, 2.24) is 0 Å². The number of phenols is 2. The summed E-state index contributed by atoms with van der Waals surface area (Å²) in [6.45, 7) is 1.97. The van der Waals surface area contributed by atoms with E-state index in [1.54, 1.807) is 6.08 Å². The molecular formula is C15H17O4P. The first kappa shape index (κ1) is 14.6. The van der Waals surface area contributed by atoms with Crippen LogP contribution < -0.4 is 0 Å². The molecule has 0 aromatic heterocycles. The first-order valence-corrected chi connectivity index (χ1v) is 6.20. The molecule has 3 rings (SSSR count).